The second-order valence-electron chi connectivity index (χ2n) is 4.87. The smallest absolute Gasteiger partial charge is 0.341 e. The van der Waals surface area contributed by atoms with E-state index in [1.54, 1.807) is 6.26 Å². The van der Waals surface area contributed by atoms with Crippen molar-refractivity contribution in [2.24, 2.45) is 5.73 Å². The van der Waals surface area contributed by atoms with Crippen LogP contribution in [0.3, 0.4) is 0 Å². The van der Waals surface area contributed by atoms with Crippen LogP contribution >= 0.6 is 0 Å². The predicted molar refractivity (Wildman–Crippen MR) is 74.4 cm³/mol. The van der Waals surface area contributed by atoms with E-state index in [4.69, 9.17) is 14.6 Å². The van der Waals surface area contributed by atoms with Crippen molar-refractivity contribution in [3.8, 4) is 0 Å². The molecule has 1 aromatic carbocycles. The van der Waals surface area contributed by atoms with Crippen LogP contribution < -0.4 is 11.4 Å². The van der Waals surface area contributed by atoms with E-state index in [1.165, 1.54) is 0 Å². The molecule has 0 spiro atoms. The number of rotatable bonds is 1. The van der Waals surface area contributed by atoms with Crippen molar-refractivity contribution in [3.05, 3.63) is 45.0 Å². The monoisotopic (exact) mass is 257 g/mol. The van der Waals surface area contributed by atoms with Crippen LogP contribution in [0.5, 0.6) is 0 Å². The van der Waals surface area contributed by atoms with Gasteiger partial charge in [-0.05, 0) is 38.0 Å². The molecule has 4 nitrogen and oxygen atoms in total. The summed E-state index contributed by atoms with van der Waals surface area (Å²) in [6.07, 6.45) is 1.72. The fraction of sp³-hybridized carbons (Fsp3) is 0.267. The maximum Gasteiger partial charge on any atom is 0.341 e. The highest BCUT2D eigenvalue weighted by molar-refractivity contribution is 5.99. The number of benzene rings is 1. The topological polar surface area (TPSA) is 69.4 Å². The first-order valence-corrected chi connectivity index (χ1v) is 6.18. The third-order valence-electron chi connectivity index (χ3n) is 3.74. The molecular formula is C15H15NO3. The Hall–Kier alpha value is -2.07. The van der Waals surface area contributed by atoms with Crippen LogP contribution in [0.4, 0.5) is 0 Å². The van der Waals surface area contributed by atoms with E-state index in [1.807, 2.05) is 26.8 Å². The zero-order valence-corrected chi connectivity index (χ0v) is 11.2. The Labute approximate surface area is 109 Å². The molecule has 98 valence electrons. The summed E-state index contributed by atoms with van der Waals surface area (Å²) >= 11 is 0. The summed E-state index contributed by atoms with van der Waals surface area (Å²) in [5, 5.41) is 1.97. The predicted octanol–water partition coefficient (Wildman–Crippen LogP) is 2.92. The molecule has 2 N–H and O–H groups in total. The molecular weight excluding hydrogens is 242 g/mol. The third-order valence-corrected chi connectivity index (χ3v) is 3.74. The van der Waals surface area contributed by atoms with Gasteiger partial charge in [-0.15, -0.1) is 0 Å². The number of fused-ring (bicyclic) bond motifs is 2. The summed E-state index contributed by atoms with van der Waals surface area (Å²) in [6, 6.07) is 2.01. The van der Waals surface area contributed by atoms with Gasteiger partial charge < -0.3 is 14.6 Å². The lowest BCUT2D eigenvalue weighted by molar-refractivity contribution is 0.545. The van der Waals surface area contributed by atoms with Crippen molar-refractivity contribution < 1.29 is 8.83 Å². The van der Waals surface area contributed by atoms with Crippen molar-refractivity contribution in [2.75, 3.05) is 0 Å². The van der Waals surface area contributed by atoms with Gasteiger partial charge in [0.15, 0.2) is 0 Å². The van der Waals surface area contributed by atoms with Crippen LogP contribution in [0, 0.1) is 20.8 Å². The highest BCUT2D eigenvalue weighted by Gasteiger charge is 2.16. The highest BCUT2D eigenvalue weighted by Crippen LogP contribution is 2.32. The van der Waals surface area contributed by atoms with Crippen LogP contribution in [0.15, 0.2) is 26.0 Å². The summed E-state index contributed by atoms with van der Waals surface area (Å²) < 4.78 is 11.0. The van der Waals surface area contributed by atoms with Gasteiger partial charge in [0.1, 0.15) is 11.2 Å². The zero-order valence-electron chi connectivity index (χ0n) is 11.2. The van der Waals surface area contributed by atoms with Crippen molar-refractivity contribution in [3.63, 3.8) is 0 Å². The molecule has 0 fully saturated rings. The molecule has 0 atom stereocenters. The van der Waals surface area contributed by atoms with Crippen molar-refractivity contribution in [2.45, 2.75) is 27.3 Å². The lowest BCUT2D eigenvalue weighted by atomic mass is 10.0. The minimum atomic E-state index is -0.363. The van der Waals surface area contributed by atoms with E-state index >= 15 is 0 Å². The van der Waals surface area contributed by atoms with Gasteiger partial charge in [-0.1, -0.05) is 0 Å². The Bertz CT molecular complexity index is 855. The normalized spacial score (nSPS) is 11.6. The molecule has 0 saturated heterocycles. The fourth-order valence-corrected chi connectivity index (χ4v) is 2.55. The summed E-state index contributed by atoms with van der Waals surface area (Å²) in [5.41, 5.74) is 9.96. The van der Waals surface area contributed by atoms with E-state index in [0.29, 0.717) is 11.1 Å². The average molecular weight is 257 g/mol. The SMILES string of the molecule is Cc1coc2c(C)c3oc(=O)c(CN)c(C)c3cc12. The molecule has 0 unspecified atom stereocenters. The van der Waals surface area contributed by atoms with E-state index in [2.05, 4.69) is 0 Å². The van der Waals surface area contributed by atoms with Gasteiger partial charge in [0.25, 0.3) is 0 Å². The van der Waals surface area contributed by atoms with Crippen LogP contribution in [0.1, 0.15) is 22.3 Å². The molecule has 0 aliphatic heterocycles. The van der Waals surface area contributed by atoms with Crippen LogP contribution in [-0.2, 0) is 6.54 Å². The first-order chi connectivity index (χ1) is 9.04. The molecule has 19 heavy (non-hydrogen) atoms. The number of hydrogen-bond donors (Lipinski definition) is 1. The first kappa shape index (κ1) is 12.0. The van der Waals surface area contributed by atoms with Crippen LogP contribution in [0.2, 0.25) is 0 Å². The van der Waals surface area contributed by atoms with Crippen LogP contribution in [0.25, 0.3) is 21.9 Å². The Morgan fingerprint density at radius 1 is 1.11 bits per heavy atom. The summed E-state index contributed by atoms with van der Waals surface area (Å²) in [6.45, 7) is 5.99. The minimum absolute atomic E-state index is 0.186. The third kappa shape index (κ3) is 1.53. The number of nitrogens with two attached hydrogens (primary N) is 1. The largest absolute Gasteiger partial charge is 0.464 e. The molecule has 0 amide bonds. The van der Waals surface area contributed by atoms with Gasteiger partial charge in [-0.25, -0.2) is 4.79 Å². The number of hydrogen-bond acceptors (Lipinski definition) is 4. The standard InChI is InChI=1S/C15H15NO3/c1-7-6-18-13-9(3)14-11(4-10(7)13)8(2)12(5-16)15(17)19-14/h4,6H,5,16H2,1-3H3. The second kappa shape index (κ2) is 3.96. The van der Waals surface area contributed by atoms with Gasteiger partial charge >= 0.3 is 5.63 Å². The maximum absolute atomic E-state index is 11.9. The van der Waals surface area contributed by atoms with Gasteiger partial charge in [0, 0.05) is 22.9 Å². The van der Waals surface area contributed by atoms with Gasteiger partial charge in [0.05, 0.1) is 11.8 Å². The minimum Gasteiger partial charge on any atom is -0.464 e. The van der Waals surface area contributed by atoms with Crippen molar-refractivity contribution in [1.29, 1.82) is 0 Å². The summed E-state index contributed by atoms with van der Waals surface area (Å²) in [4.78, 5) is 11.9. The Morgan fingerprint density at radius 3 is 2.53 bits per heavy atom. The fourth-order valence-electron chi connectivity index (χ4n) is 2.55. The van der Waals surface area contributed by atoms with E-state index in [-0.39, 0.29) is 12.2 Å². The maximum atomic E-state index is 11.9. The van der Waals surface area contributed by atoms with E-state index in [9.17, 15) is 4.79 Å². The molecule has 0 aliphatic rings. The molecule has 3 rings (SSSR count). The first-order valence-electron chi connectivity index (χ1n) is 6.18. The number of aryl methyl sites for hydroxylation is 3. The molecule has 3 aromatic rings. The Balaban J connectivity index is 2.60. The van der Waals surface area contributed by atoms with E-state index in [0.717, 1.165) is 33.0 Å². The quantitative estimate of drug-likeness (QED) is 0.680. The molecule has 4 heteroatoms. The van der Waals surface area contributed by atoms with Crippen molar-refractivity contribution in [1.82, 2.24) is 0 Å². The molecule has 0 bridgehead atoms. The van der Waals surface area contributed by atoms with E-state index < -0.39 is 0 Å². The average Bonchev–Trinajstić information content (AvgIpc) is 2.74. The molecule has 0 aliphatic carbocycles. The zero-order chi connectivity index (χ0) is 13.7. The second-order valence-corrected chi connectivity index (χ2v) is 4.87. The summed E-state index contributed by atoms with van der Waals surface area (Å²) in [7, 11) is 0. The highest BCUT2D eigenvalue weighted by atomic mass is 16.4. The molecule has 0 radical (unpaired) electrons. The molecule has 0 saturated carbocycles. The lowest BCUT2D eigenvalue weighted by Crippen LogP contribution is -2.14. The van der Waals surface area contributed by atoms with Gasteiger partial charge in [-0.2, -0.15) is 0 Å². The van der Waals surface area contributed by atoms with Gasteiger partial charge in [0.2, 0.25) is 0 Å². The Morgan fingerprint density at radius 2 is 1.84 bits per heavy atom. The lowest BCUT2D eigenvalue weighted by Gasteiger charge is -2.08. The molecule has 2 heterocycles. The van der Waals surface area contributed by atoms with Gasteiger partial charge in [-0.3, -0.25) is 0 Å². The Kier molecular flexibility index (Phi) is 2.50. The van der Waals surface area contributed by atoms with Crippen molar-refractivity contribution >= 4 is 21.9 Å². The molecule has 2 aromatic heterocycles. The number of furan rings is 1. The summed E-state index contributed by atoms with van der Waals surface area (Å²) in [5.74, 6) is 0. The van der Waals surface area contributed by atoms with Crippen LogP contribution in [-0.4, -0.2) is 0 Å².